The van der Waals surface area contributed by atoms with Crippen molar-refractivity contribution in [3.05, 3.63) is 24.3 Å². The molecule has 0 aromatic heterocycles. The molecule has 8 nitrogen and oxygen atoms in total. The lowest BCUT2D eigenvalue weighted by atomic mass is 10.0. The van der Waals surface area contributed by atoms with E-state index < -0.39 is 33.4 Å². The minimum Gasteiger partial charge on any atom is -0.497 e. The van der Waals surface area contributed by atoms with Crippen LogP contribution in [0.15, 0.2) is 29.2 Å². The van der Waals surface area contributed by atoms with E-state index in [-0.39, 0.29) is 24.2 Å². The van der Waals surface area contributed by atoms with Crippen molar-refractivity contribution in [2.75, 3.05) is 20.0 Å². The molecule has 2 N–H and O–H groups in total. The summed E-state index contributed by atoms with van der Waals surface area (Å²) in [6.07, 6.45) is 0.452. The van der Waals surface area contributed by atoms with Crippen molar-refractivity contribution in [3.63, 3.8) is 0 Å². The molecule has 1 atom stereocenters. The minimum absolute atomic E-state index is 0.0482. The van der Waals surface area contributed by atoms with Gasteiger partial charge in [-0.05, 0) is 37.1 Å². The third kappa shape index (κ3) is 5.82. The van der Waals surface area contributed by atoms with Crippen molar-refractivity contribution >= 4 is 21.7 Å². The standard InChI is InChI=1S/C15H21NO7S/c1-22-12-6-8-13(9-7-12)24(20,21)10-11(15(18)16-19)4-3-5-14(17)23-2/h6-9,11,19H,3-5,10H2,1-2H3,(H,16,18). The van der Waals surface area contributed by atoms with Crippen LogP contribution in [0.4, 0.5) is 0 Å². The van der Waals surface area contributed by atoms with Crippen LogP contribution < -0.4 is 10.2 Å². The third-order valence-electron chi connectivity index (χ3n) is 3.48. The van der Waals surface area contributed by atoms with E-state index in [0.29, 0.717) is 5.75 Å². The molecule has 134 valence electrons. The van der Waals surface area contributed by atoms with Crippen molar-refractivity contribution in [1.29, 1.82) is 0 Å². The first kappa shape index (κ1) is 19.9. The SMILES string of the molecule is COC(=O)CCCC(CS(=O)(=O)c1ccc(OC)cc1)C(=O)NO. The molecular formula is C15H21NO7S. The van der Waals surface area contributed by atoms with Gasteiger partial charge in [-0.2, -0.15) is 0 Å². The number of carbonyl (C=O) groups excluding carboxylic acids is 2. The van der Waals surface area contributed by atoms with Gasteiger partial charge in [0, 0.05) is 6.42 Å². The fourth-order valence-electron chi connectivity index (χ4n) is 2.12. The van der Waals surface area contributed by atoms with Gasteiger partial charge in [0.25, 0.3) is 0 Å². The number of benzene rings is 1. The molecule has 0 aliphatic carbocycles. The highest BCUT2D eigenvalue weighted by molar-refractivity contribution is 7.91. The molecule has 1 aromatic carbocycles. The zero-order valence-corrected chi connectivity index (χ0v) is 14.3. The van der Waals surface area contributed by atoms with Crippen molar-refractivity contribution in [3.8, 4) is 5.75 Å². The molecule has 1 rings (SSSR count). The van der Waals surface area contributed by atoms with E-state index in [4.69, 9.17) is 9.94 Å². The molecule has 1 unspecified atom stereocenters. The maximum atomic E-state index is 12.4. The van der Waals surface area contributed by atoms with Crippen LogP contribution in [-0.2, 0) is 24.2 Å². The summed E-state index contributed by atoms with van der Waals surface area (Å²) < 4.78 is 34.3. The van der Waals surface area contributed by atoms with Crippen LogP contribution >= 0.6 is 0 Å². The Labute approximate surface area is 140 Å². The second kappa shape index (κ2) is 9.24. The second-order valence-electron chi connectivity index (χ2n) is 5.10. The largest absolute Gasteiger partial charge is 0.497 e. The number of hydrogen-bond acceptors (Lipinski definition) is 7. The second-order valence-corrected chi connectivity index (χ2v) is 7.13. The Morgan fingerprint density at radius 2 is 1.83 bits per heavy atom. The van der Waals surface area contributed by atoms with E-state index in [0.717, 1.165) is 0 Å². The number of hydrogen-bond donors (Lipinski definition) is 2. The van der Waals surface area contributed by atoms with Crippen LogP contribution in [0.1, 0.15) is 19.3 Å². The lowest BCUT2D eigenvalue weighted by molar-refractivity contribution is -0.141. The van der Waals surface area contributed by atoms with Gasteiger partial charge in [-0.25, -0.2) is 13.9 Å². The summed E-state index contributed by atoms with van der Waals surface area (Å²) >= 11 is 0. The summed E-state index contributed by atoms with van der Waals surface area (Å²) in [6.45, 7) is 0. The van der Waals surface area contributed by atoms with Crippen molar-refractivity contribution in [2.45, 2.75) is 24.2 Å². The Hall–Kier alpha value is -2.13. The van der Waals surface area contributed by atoms with Gasteiger partial charge in [-0.3, -0.25) is 14.8 Å². The molecule has 0 saturated carbocycles. The molecule has 0 radical (unpaired) electrons. The van der Waals surface area contributed by atoms with Crippen LogP contribution in [0.5, 0.6) is 5.75 Å². The number of carbonyl (C=O) groups is 2. The van der Waals surface area contributed by atoms with Gasteiger partial charge in [0.05, 0.1) is 30.8 Å². The molecule has 1 amide bonds. The van der Waals surface area contributed by atoms with E-state index >= 15 is 0 Å². The molecule has 0 spiro atoms. The normalized spacial score (nSPS) is 12.3. The molecule has 0 fully saturated rings. The van der Waals surface area contributed by atoms with Crippen molar-refractivity contribution < 1.29 is 32.7 Å². The first-order chi connectivity index (χ1) is 11.3. The van der Waals surface area contributed by atoms with Gasteiger partial charge in [-0.15, -0.1) is 0 Å². The van der Waals surface area contributed by atoms with Gasteiger partial charge in [0.1, 0.15) is 5.75 Å². The Bertz CT molecular complexity index is 655. The van der Waals surface area contributed by atoms with Crippen LogP contribution in [0.25, 0.3) is 0 Å². The minimum atomic E-state index is -3.74. The maximum Gasteiger partial charge on any atom is 0.305 e. The average Bonchev–Trinajstić information content (AvgIpc) is 2.59. The Balaban J connectivity index is 2.82. The van der Waals surface area contributed by atoms with Gasteiger partial charge in [0.15, 0.2) is 9.84 Å². The number of amides is 1. The smallest absolute Gasteiger partial charge is 0.305 e. The Kier molecular flexibility index (Phi) is 7.66. The number of rotatable bonds is 9. The first-order valence-electron chi connectivity index (χ1n) is 7.21. The molecule has 24 heavy (non-hydrogen) atoms. The summed E-state index contributed by atoms with van der Waals surface area (Å²) in [5.41, 5.74) is 1.47. The topological polar surface area (TPSA) is 119 Å². The van der Waals surface area contributed by atoms with Crippen molar-refractivity contribution in [1.82, 2.24) is 5.48 Å². The predicted molar refractivity (Wildman–Crippen MR) is 84.3 cm³/mol. The van der Waals surface area contributed by atoms with Gasteiger partial charge < -0.3 is 9.47 Å². The molecular weight excluding hydrogens is 338 g/mol. The lowest BCUT2D eigenvalue weighted by Gasteiger charge is -2.15. The van der Waals surface area contributed by atoms with Crippen LogP contribution in [0.3, 0.4) is 0 Å². The van der Waals surface area contributed by atoms with Gasteiger partial charge in [-0.1, -0.05) is 0 Å². The molecule has 0 heterocycles. The summed E-state index contributed by atoms with van der Waals surface area (Å²) in [5, 5.41) is 8.79. The quantitative estimate of drug-likeness (QED) is 0.382. The van der Waals surface area contributed by atoms with E-state index in [2.05, 4.69) is 4.74 Å². The Morgan fingerprint density at radius 3 is 2.33 bits per heavy atom. The molecule has 0 aliphatic rings. The summed E-state index contributed by atoms with van der Waals surface area (Å²) in [6, 6.07) is 5.78. The molecule has 0 bridgehead atoms. The van der Waals surface area contributed by atoms with Crippen LogP contribution in [0.2, 0.25) is 0 Å². The Morgan fingerprint density at radius 1 is 1.21 bits per heavy atom. The zero-order valence-electron chi connectivity index (χ0n) is 13.5. The van der Waals surface area contributed by atoms with Gasteiger partial charge >= 0.3 is 5.97 Å². The number of methoxy groups -OCH3 is 2. The molecule has 1 aromatic rings. The fraction of sp³-hybridized carbons (Fsp3) is 0.467. The van der Waals surface area contributed by atoms with E-state index in [1.54, 1.807) is 0 Å². The summed E-state index contributed by atoms with van der Waals surface area (Å²) in [7, 11) is -1.03. The number of nitrogens with one attached hydrogen (secondary N) is 1. The highest BCUT2D eigenvalue weighted by Gasteiger charge is 2.26. The number of ether oxygens (including phenoxy) is 2. The van der Waals surface area contributed by atoms with Crippen LogP contribution in [0, 0.1) is 5.92 Å². The summed E-state index contributed by atoms with van der Waals surface area (Å²) in [5.74, 6) is -2.20. The zero-order chi connectivity index (χ0) is 18.2. The highest BCUT2D eigenvalue weighted by Crippen LogP contribution is 2.21. The molecule has 9 heteroatoms. The molecule has 0 aliphatic heterocycles. The van der Waals surface area contributed by atoms with Crippen LogP contribution in [-0.4, -0.2) is 45.5 Å². The summed E-state index contributed by atoms with van der Waals surface area (Å²) in [4.78, 5) is 22.9. The maximum absolute atomic E-state index is 12.4. The fourth-order valence-corrected chi connectivity index (χ4v) is 3.71. The third-order valence-corrected chi connectivity index (χ3v) is 5.31. The van der Waals surface area contributed by atoms with E-state index in [1.165, 1.54) is 44.0 Å². The molecule has 0 saturated heterocycles. The average molecular weight is 359 g/mol. The number of sulfone groups is 1. The monoisotopic (exact) mass is 359 g/mol. The predicted octanol–water partition coefficient (Wildman–Crippen LogP) is 0.934. The number of hydroxylamine groups is 1. The van der Waals surface area contributed by atoms with Crippen molar-refractivity contribution in [2.24, 2.45) is 5.92 Å². The van der Waals surface area contributed by atoms with Gasteiger partial charge in [0.2, 0.25) is 5.91 Å². The highest BCUT2D eigenvalue weighted by atomic mass is 32.2. The number of esters is 1. The van der Waals surface area contributed by atoms with E-state index in [9.17, 15) is 18.0 Å². The van der Waals surface area contributed by atoms with E-state index in [1.807, 2.05) is 0 Å². The lowest BCUT2D eigenvalue weighted by Crippen LogP contribution is -2.33. The first-order valence-corrected chi connectivity index (χ1v) is 8.87.